The molecule has 2 fully saturated rings. The number of imide groups is 1. The van der Waals surface area contributed by atoms with Crippen molar-refractivity contribution in [3.05, 3.63) is 42.0 Å². The number of rotatable bonds is 3. The fraction of sp³-hybridized carbons (Fsp3) is 0.353. The summed E-state index contributed by atoms with van der Waals surface area (Å²) < 4.78 is 10.3. The average molecular weight is 329 g/mol. The van der Waals surface area contributed by atoms with Crippen LogP contribution in [0.5, 0.6) is 0 Å². The monoisotopic (exact) mass is 329 g/mol. The van der Waals surface area contributed by atoms with Gasteiger partial charge in [0, 0.05) is 0 Å². The molecule has 3 heterocycles. The van der Waals surface area contributed by atoms with E-state index in [-0.39, 0.29) is 12.5 Å². The van der Waals surface area contributed by atoms with Gasteiger partial charge in [0.15, 0.2) is 0 Å². The minimum absolute atomic E-state index is 0.331. The summed E-state index contributed by atoms with van der Waals surface area (Å²) in [6.07, 6.45) is 2.92. The van der Waals surface area contributed by atoms with Crippen LogP contribution in [0.4, 0.5) is 5.69 Å². The van der Waals surface area contributed by atoms with Gasteiger partial charge in [0.05, 0.1) is 42.9 Å². The van der Waals surface area contributed by atoms with E-state index in [9.17, 15) is 19.5 Å². The molecule has 4 rings (SSSR count). The molecule has 7 nitrogen and oxygen atoms in total. The summed E-state index contributed by atoms with van der Waals surface area (Å²) in [5.41, 5.74) is -0.389. The molecule has 0 spiro atoms. The lowest BCUT2D eigenvalue weighted by molar-refractivity contribution is -0.128. The number of carbonyl (C=O) groups excluding carboxylic acids is 3. The molecule has 1 aromatic rings. The molecule has 124 valence electrons. The minimum atomic E-state index is -1.11. The Bertz CT molecular complexity index is 770. The van der Waals surface area contributed by atoms with E-state index in [1.165, 1.54) is 31.4 Å². The van der Waals surface area contributed by atoms with E-state index in [1.54, 1.807) is 12.2 Å². The largest absolute Gasteiger partial charge is 0.465 e. The van der Waals surface area contributed by atoms with Gasteiger partial charge in [0.1, 0.15) is 5.60 Å². The molecule has 7 heteroatoms. The van der Waals surface area contributed by atoms with Gasteiger partial charge in [0.25, 0.3) is 0 Å². The zero-order valence-corrected chi connectivity index (χ0v) is 12.8. The summed E-state index contributed by atoms with van der Waals surface area (Å²) in [5.74, 6) is -2.56. The van der Waals surface area contributed by atoms with E-state index in [2.05, 4.69) is 4.74 Å². The summed E-state index contributed by atoms with van der Waals surface area (Å²) in [4.78, 5) is 38.2. The number of aliphatic hydroxyl groups is 1. The Kier molecular flexibility index (Phi) is 3.13. The number of methoxy groups -OCH3 is 1. The second-order valence-electron chi connectivity index (χ2n) is 6.11. The van der Waals surface area contributed by atoms with Crippen molar-refractivity contribution in [1.29, 1.82) is 0 Å². The van der Waals surface area contributed by atoms with Crippen molar-refractivity contribution >= 4 is 23.5 Å². The molecule has 0 radical (unpaired) electrons. The molecule has 3 aliphatic rings. The number of hydrogen-bond acceptors (Lipinski definition) is 6. The van der Waals surface area contributed by atoms with Crippen molar-refractivity contribution in [3.8, 4) is 0 Å². The summed E-state index contributed by atoms with van der Waals surface area (Å²) in [7, 11) is 1.28. The van der Waals surface area contributed by atoms with Crippen molar-refractivity contribution < 1.29 is 29.0 Å². The first-order valence-electron chi connectivity index (χ1n) is 7.56. The van der Waals surface area contributed by atoms with Crippen LogP contribution in [0, 0.1) is 11.8 Å². The molecule has 0 aliphatic carbocycles. The van der Waals surface area contributed by atoms with Crippen LogP contribution in [0.15, 0.2) is 36.4 Å². The molecule has 2 amide bonds. The highest BCUT2D eigenvalue weighted by atomic mass is 16.5. The fourth-order valence-electron chi connectivity index (χ4n) is 3.80. The second kappa shape index (κ2) is 4.99. The number of hydrogen-bond donors (Lipinski definition) is 1. The van der Waals surface area contributed by atoms with Crippen LogP contribution in [0.25, 0.3) is 0 Å². The van der Waals surface area contributed by atoms with E-state index in [4.69, 9.17) is 4.74 Å². The molecule has 0 saturated carbocycles. The Morgan fingerprint density at radius 2 is 2.00 bits per heavy atom. The topological polar surface area (TPSA) is 93.1 Å². The SMILES string of the molecule is COC(=O)c1ccc(N2C(=O)[C@H]3[C@@H]4C=C[C@](CO)(O4)[C@@H]3C2=O)cc1. The van der Waals surface area contributed by atoms with E-state index in [1.807, 2.05) is 0 Å². The number of nitrogens with zero attached hydrogens (tertiary/aromatic N) is 1. The molecule has 1 N–H and O–H groups in total. The van der Waals surface area contributed by atoms with E-state index >= 15 is 0 Å². The number of aliphatic hydroxyl groups excluding tert-OH is 1. The number of amides is 2. The van der Waals surface area contributed by atoms with Crippen LogP contribution in [0.1, 0.15) is 10.4 Å². The predicted molar refractivity (Wildman–Crippen MR) is 81.1 cm³/mol. The molecular weight excluding hydrogens is 314 g/mol. The van der Waals surface area contributed by atoms with Crippen LogP contribution in [-0.4, -0.2) is 48.3 Å². The summed E-state index contributed by atoms with van der Waals surface area (Å²) >= 11 is 0. The Hall–Kier alpha value is -2.51. The van der Waals surface area contributed by atoms with Crippen molar-refractivity contribution in [2.45, 2.75) is 11.7 Å². The van der Waals surface area contributed by atoms with Gasteiger partial charge >= 0.3 is 5.97 Å². The van der Waals surface area contributed by atoms with Gasteiger partial charge < -0.3 is 14.6 Å². The molecule has 2 bridgehead atoms. The van der Waals surface area contributed by atoms with Gasteiger partial charge in [0.2, 0.25) is 11.8 Å². The minimum Gasteiger partial charge on any atom is -0.465 e. The third-order valence-corrected chi connectivity index (χ3v) is 4.95. The van der Waals surface area contributed by atoms with Gasteiger partial charge in [-0.05, 0) is 24.3 Å². The third kappa shape index (κ3) is 1.76. The lowest BCUT2D eigenvalue weighted by atomic mass is 9.77. The molecule has 3 aliphatic heterocycles. The van der Waals surface area contributed by atoms with E-state index < -0.39 is 35.4 Å². The molecule has 4 atom stereocenters. The molecular formula is C17H15NO6. The molecule has 0 aromatic heterocycles. The maximum atomic E-state index is 12.8. The Morgan fingerprint density at radius 3 is 2.62 bits per heavy atom. The van der Waals surface area contributed by atoms with Crippen molar-refractivity contribution in [3.63, 3.8) is 0 Å². The van der Waals surface area contributed by atoms with Gasteiger partial charge in [-0.25, -0.2) is 9.69 Å². The first-order chi connectivity index (χ1) is 11.5. The number of fused-ring (bicyclic) bond motifs is 5. The summed E-state index contributed by atoms with van der Waals surface area (Å²) in [6.45, 7) is -0.352. The Balaban J connectivity index is 1.68. The van der Waals surface area contributed by atoms with Crippen LogP contribution in [0.3, 0.4) is 0 Å². The zero-order chi connectivity index (χ0) is 17.1. The summed E-state index contributed by atoms with van der Waals surface area (Å²) in [6, 6.07) is 6.07. The first kappa shape index (κ1) is 15.0. The maximum absolute atomic E-state index is 12.8. The maximum Gasteiger partial charge on any atom is 0.337 e. The number of anilines is 1. The lowest BCUT2D eigenvalue weighted by Gasteiger charge is -2.26. The predicted octanol–water partition coefficient (Wildman–Crippen LogP) is 0.278. The van der Waals surface area contributed by atoms with Gasteiger partial charge in [-0.2, -0.15) is 0 Å². The van der Waals surface area contributed by atoms with Gasteiger partial charge in [-0.1, -0.05) is 12.2 Å². The van der Waals surface area contributed by atoms with Crippen molar-refractivity contribution in [2.24, 2.45) is 11.8 Å². The Morgan fingerprint density at radius 1 is 1.29 bits per heavy atom. The highest BCUT2D eigenvalue weighted by Crippen LogP contribution is 2.52. The molecule has 24 heavy (non-hydrogen) atoms. The highest BCUT2D eigenvalue weighted by molar-refractivity contribution is 6.23. The van der Waals surface area contributed by atoms with Crippen LogP contribution in [-0.2, 0) is 19.1 Å². The third-order valence-electron chi connectivity index (χ3n) is 4.95. The molecule has 0 unspecified atom stereocenters. The standard InChI is InChI=1S/C17H15NO6/c1-23-16(22)9-2-4-10(5-3-9)18-14(20)12-11-6-7-17(8-19,24-11)13(12)15(18)21/h2-7,11-13,19H,8H2,1H3/t11-,12-,13-,17+/m0/s1. The zero-order valence-electron chi connectivity index (χ0n) is 12.8. The van der Waals surface area contributed by atoms with E-state index in [0.29, 0.717) is 11.3 Å². The van der Waals surface area contributed by atoms with E-state index in [0.717, 1.165) is 4.90 Å². The molecule has 2 saturated heterocycles. The number of carbonyl (C=O) groups is 3. The molecule has 1 aromatic carbocycles. The van der Waals surface area contributed by atoms with Crippen molar-refractivity contribution in [1.82, 2.24) is 0 Å². The van der Waals surface area contributed by atoms with Crippen molar-refractivity contribution in [2.75, 3.05) is 18.6 Å². The Labute approximate surface area is 137 Å². The highest BCUT2D eigenvalue weighted by Gasteiger charge is 2.67. The normalized spacial score (nSPS) is 33.2. The number of benzene rings is 1. The quantitative estimate of drug-likeness (QED) is 0.486. The van der Waals surface area contributed by atoms with Gasteiger partial charge in [-0.3, -0.25) is 9.59 Å². The van der Waals surface area contributed by atoms with Crippen LogP contribution < -0.4 is 4.90 Å². The summed E-state index contributed by atoms with van der Waals surface area (Å²) in [5, 5.41) is 9.67. The van der Waals surface area contributed by atoms with Crippen LogP contribution in [0.2, 0.25) is 0 Å². The van der Waals surface area contributed by atoms with Crippen LogP contribution >= 0.6 is 0 Å². The smallest absolute Gasteiger partial charge is 0.337 e. The number of ether oxygens (including phenoxy) is 2. The lowest BCUT2D eigenvalue weighted by Crippen LogP contribution is -2.43. The van der Waals surface area contributed by atoms with Gasteiger partial charge in [-0.15, -0.1) is 0 Å². The number of esters is 1. The second-order valence-corrected chi connectivity index (χ2v) is 6.11. The average Bonchev–Trinajstić information content (AvgIpc) is 3.25. The fourth-order valence-corrected chi connectivity index (χ4v) is 3.80. The first-order valence-corrected chi connectivity index (χ1v) is 7.56.